The minimum atomic E-state index is -0.597. The summed E-state index contributed by atoms with van der Waals surface area (Å²) in [6.07, 6.45) is 1.14. The van der Waals surface area contributed by atoms with Crippen molar-refractivity contribution >= 4 is 22.6 Å². The molecule has 1 atom stereocenters. The Kier molecular flexibility index (Phi) is 4.73. The highest BCUT2D eigenvalue weighted by molar-refractivity contribution is 6.31. The van der Waals surface area contributed by atoms with Gasteiger partial charge in [-0.25, -0.2) is 4.98 Å². The summed E-state index contributed by atoms with van der Waals surface area (Å²) in [5, 5.41) is 10.8. The molecule has 0 radical (unpaired) electrons. The lowest BCUT2D eigenvalue weighted by Crippen LogP contribution is -2.21. The van der Waals surface area contributed by atoms with Crippen LogP contribution in [-0.4, -0.2) is 27.4 Å². The summed E-state index contributed by atoms with van der Waals surface area (Å²) in [5.41, 5.74) is 2.85. The zero-order chi connectivity index (χ0) is 15.4. The number of halogens is 1. The molecule has 0 aliphatic rings. The third-order valence-electron chi connectivity index (χ3n) is 3.46. The smallest absolute Gasteiger partial charge is 0.0959 e. The van der Waals surface area contributed by atoms with Crippen LogP contribution in [0.15, 0.2) is 54.9 Å². The molecule has 114 valence electrons. The van der Waals surface area contributed by atoms with Gasteiger partial charge in [-0.2, -0.15) is 0 Å². The summed E-state index contributed by atoms with van der Waals surface area (Å²) in [6, 6.07) is 15.4. The first-order valence-electron chi connectivity index (χ1n) is 7.13. The van der Waals surface area contributed by atoms with Crippen LogP contribution >= 0.6 is 11.6 Å². The van der Waals surface area contributed by atoms with E-state index in [-0.39, 0.29) is 6.61 Å². The molecule has 0 aliphatic carbocycles. The Labute approximate surface area is 133 Å². The Balaban J connectivity index is 1.54. The third kappa shape index (κ3) is 3.47. The molecule has 0 saturated heterocycles. The molecule has 22 heavy (non-hydrogen) atoms. The van der Waals surface area contributed by atoms with Gasteiger partial charge in [0, 0.05) is 5.02 Å². The second-order valence-electron chi connectivity index (χ2n) is 5.15. The highest BCUT2D eigenvalue weighted by Gasteiger charge is 2.09. The van der Waals surface area contributed by atoms with Crippen molar-refractivity contribution in [3.8, 4) is 0 Å². The molecule has 1 heterocycles. The molecule has 0 spiro atoms. The first-order valence-corrected chi connectivity index (χ1v) is 7.51. The van der Waals surface area contributed by atoms with E-state index in [2.05, 4.69) is 4.98 Å². The number of fused-ring (bicyclic) bond motifs is 1. The van der Waals surface area contributed by atoms with Crippen LogP contribution in [0.2, 0.25) is 5.02 Å². The van der Waals surface area contributed by atoms with E-state index in [0.29, 0.717) is 18.2 Å². The number of aromatic nitrogens is 2. The quantitative estimate of drug-likeness (QED) is 0.759. The van der Waals surface area contributed by atoms with Crippen molar-refractivity contribution in [1.82, 2.24) is 9.55 Å². The molecule has 0 bridgehead atoms. The summed E-state index contributed by atoms with van der Waals surface area (Å²) in [6.45, 7) is 1.09. The third-order valence-corrected chi connectivity index (χ3v) is 3.83. The number of hydrogen-bond acceptors (Lipinski definition) is 3. The molecule has 4 nitrogen and oxygen atoms in total. The molecule has 0 aliphatic heterocycles. The van der Waals surface area contributed by atoms with Gasteiger partial charge in [0.15, 0.2) is 0 Å². The second-order valence-corrected chi connectivity index (χ2v) is 5.55. The average molecular weight is 317 g/mol. The highest BCUT2D eigenvalue weighted by atomic mass is 35.5. The summed E-state index contributed by atoms with van der Waals surface area (Å²) in [5.74, 6) is 0. The number of aliphatic hydroxyl groups is 1. The monoisotopic (exact) mass is 316 g/mol. The molecule has 1 unspecified atom stereocenters. The highest BCUT2D eigenvalue weighted by Crippen LogP contribution is 2.16. The first kappa shape index (κ1) is 15.0. The van der Waals surface area contributed by atoms with Crippen LogP contribution in [0.3, 0.4) is 0 Å². The van der Waals surface area contributed by atoms with Gasteiger partial charge in [0.1, 0.15) is 0 Å². The van der Waals surface area contributed by atoms with E-state index >= 15 is 0 Å². The van der Waals surface area contributed by atoms with Gasteiger partial charge in [0.05, 0.1) is 43.2 Å². The van der Waals surface area contributed by atoms with Crippen molar-refractivity contribution in [3.05, 3.63) is 65.4 Å². The van der Waals surface area contributed by atoms with Gasteiger partial charge >= 0.3 is 0 Å². The lowest BCUT2D eigenvalue weighted by Gasteiger charge is -2.13. The average Bonchev–Trinajstić information content (AvgIpc) is 2.92. The maximum atomic E-state index is 10.1. The molecule has 1 aromatic heterocycles. The maximum absolute atomic E-state index is 10.1. The Morgan fingerprint density at radius 3 is 2.77 bits per heavy atom. The zero-order valence-corrected chi connectivity index (χ0v) is 12.8. The molecular weight excluding hydrogens is 300 g/mol. The van der Waals surface area contributed by atoms with Crippen molar-refractivity contribution in [2.24, 2.45) is 0 Å². The number of aliphatic hydroxyl groups excluding tert-OH is 1. The molecule has 0 saturated carbocycles. The van der Waals surface area contributed by atoms with Gasteiger partial charge < -0.3 is 14.4 Å². The fourth-order valence-corrected chi connectivity index (χ4v) is 2.55. The van der Waals surface area contributed by atoms with Crippen LogP contribution in [-0.2, 0) is 17.9 Å². The fraction of sp³-hybridized carbons (Fsp3) is 0.235. The maximum Gasteiger partial charge on any atom is 0.0959 e. The predicted molar refractivity (Wildman–Crippen MR) is 86.8 cm³/mol. The van der Waals surface area contributed by atoms with Gasteiger partial charge in [0.2, 0.25) is 0 Å². The van der Waals surface area contributed by atoms with Crippen LogP contribution in [0.1, 0.15) is 5.56 Å². The van der Waals surface area contributed by atoms with Crippen LogP contribution in [0, 0.1) is 0 Å². The summed E-state index contributed by atoms with van der Waals surface area (Å²) < 4.78 is 7.48. The van der Waals surface area contributed by atoms with E-state index < -0.39 is 6.10 Å². The molecule has 3 rings (SSSR count). The SMILES string of the molecule is OC(COCc1ccccc1Cl)Cn1cnc2ccccc21. The number of imidazole rings is 1. The lowest BCUT2D eigenvalue weighted by atomic mass is 10.2. The van der Waals surface area contributed by atoms with E-state index in [9.17, 15) is 5.11 Å². The van der Waals surface area contributed by atoms with Crippen LogP contribution in [0.5, 0.6) is 0 Å². The molecule has 5 heteroatoms. The number of para-hydroxylation sites is 2. The van der Waals surface area contributed by atoms with Gasteiger partial charge in [0.25, 0.3) is 0 Å². The Morgan fingerprint density at radius 2 is 1.91 bits per heavy atom. The van der Waals surface area contributed by atoms with Crippen molar-refractivity contribution in [2.45, 2.75) is 19.3 Å². The van der Waals surface area contributed by atoms with Crippen molar-refractivity contribution in [3.63, 3.8) is 0 Å². The van der Waals surface area contributed by atoms with Crippen molar-refractivity contribution < 1.29 is 9.84 Å². The number of benzene rings is 2. The molecule has 3 aromatic rings. The molecule has 0 fully saturated rings. The Hall–Kier alpha value is -1.88. The standard InChI is InChI=1S/C17H17ClN2O2/c18-15-6-2-1-5-13(15)10-22-11-14(21)9-20-12-19-16-7-3-4-8-17(16)20/h1-8,12,14,21H,9-11H2. The summed E-state index contributed by atoms with van der Waals surface area (Å²) in [4.78, 5) is 4.30. The van der Waals surface area contributed by atoms with Crippen molar-refractivity contribution in [1.29, 1.82) is 0 Å². The second kappa shape index (κ2) is 6.92. The fourth-order valence-electron chi connectivity index (χ4n) is 2.36. The number of hydrogen-bond donors (Lipinski definition) is 1. The van der Waals surface area contributed by atoms with E-state index in [1.807, 2.05) is 53.1 Å². The van der Waals surface area contributed by atoms with E-state index in [0.717, 1.165) is 16.6 Å². The zero-order valence-electron chi connectivity index (χ0n) is 12.0. The Morgan fingerprint density at radius 1 is 1.14 bits per heavy atom. The van der Waals surface area contributed by atoms with E-state index in [1.54, 1.807) is 6.33 Å². The lowest BCUT2D eigenvalue weighted by molar-refractivity contribution is 0.0209. The molecule has 0 amide bonds. The Bertz CT molecular complexity index is 757. The van der Waals surface area contributed by atoms with E-state index in [4.69, 9.17) is 16.3 Å². The van der Waals surface area contributed by atoms with Crippen LogP contribution in [0.4, 0.5) is 0 Å². The molecule has 2 aromatic carbocycles. The van der Waals surface area contributed by atoms with Gasteiger partial charge in [-0.3, -0.25) is 0 Å². The normalized spacial score (nSPS) is 12.6. The largest absolute Gasteiger partial charge is 0.389 e. The van der Waals surface area contributed by atoms with Crippen LogP contribution in [0.25, 0.3) is 11.0 Å². The summed E-state index contributed by atoms with van der Waals surface area (Å²) in [7, 11) is 0. The molecule has 1 N–H and O–H groups in total. The van der Waals surface area contributed by atoms with Crippen molar-refractivity contribution in [2.75, 3.05) is 6.61 Å². The van der Waals surface area contributed by atoms with E-state index in [1.165, 1.54) is 0 Å². The number of rotatable bonds is 6. The predicted octanol–water partition coefficient (Wildman–Crippen LogP) is 3.27. The number of ether oxygens (including phenoxy) is 1. The summed E-state index contributed by atoms with van der Waals surface area (Å²) >= 11 is 6.07. The van der Waals surface area contributed by atoms with Gasteiger partial charge in [-0.1, -0.05) is 41.9 Å². The van der Waals surface area contributed by atoms with Gasteiger partial charge in [-0.05, 0) is 23.8 Å². The minimum Gasteiger partial charge on any atom is -0.389 e. The van der Waals surface area contributed by atoms with Gasteiger partial charge in [-0.15, -0.1) is 0 Å². The number of nitrogens with zero attached hydrogens (tertiary/aromatic N) is 2. The first-order chi connectivity index (χ1) is 10.7. The minimum absolute atomic E-state index is 0.248. The van der Waals surface area contributed by atoms with Crippen LogP contribution < -0.4 is 0 Å². The molecular formula is C17H17ClN2O2. The topological polar surface area (TPSA) is 47.3 Å².